The van der Waals surface area contributed by atoms with E-state index in [1.54, 1.807) is 0 Å². The molecule has 2 heterocycles. The number of aryl methyl sites for hydroxylation is 1. The molecular weight excluding hydrogens is 312 g/mol. The van der Waals surface area contributed by atoms with Gasteiger partial charge in [-0.25, -0.2) is 4.98 Å². The Balaban J connectivity index is 1.72. The van der Waals surface area contributed by atoms with Crippen LogP contribution in [0.1, 0.15) is 42.5 Å². The fraction of sp³-hybridized carbons (Fsp3) is 0.588. The minimum Gasteiger partial charge on any atom is -0.355 e. The van der Waals surface area contributed by atoms with Crippen LogP contribution in [0.15, 0.2) is 0 Å². The number of carbonyl (C=O) groups is 1. The molecule has 1 amide bonds. The minimum atomic E-state index is 0.0758. The highest BCUT2D eigenvalue weighted by Crippen LogP contribution is 2.31. The summed E-state index contributed by atoms with van der Waals surface area (Å²) >= 11 is 6.21. The molecule has 3 rings (SSSR count). The van der Waals surface area contributed by atoms with Gasteiger partial charge in [-0.05, 0) is 45.1 Å². The zero-order chi connectivity index (χ0) is 16.6. The number of pyridine rings is 1. The van der Waals surface area contributed by atoms with E-state index in [0.717, 1.165) is 50.0 Å². The fourth-order valence-electron chi connectivity index (χ4n) is 3.08. The average molecular weight is 333 g/mol. The molecule has 0 aromatic carbocycles. The maximum Gasteiger partial charge on any atom is 0.223 e. The molecule has 6 heteroatoms. The summed E-state index contributed by atoms with van der Waals surface area (Å²) < 4.78 is 0. The number of aromatic nitrogens is 1. The zero-order valence-electron chi connectivity index (χ0n) is 13.5. The number of piperidine rings is 1. The van der Waals surface area contributed by atoms with Crippen molar-refractivity contribution >= 4 is 23.3 Å². The molecular formula is C17H21ClN4O. The second kappa shape index (κ2) is 6.37. The Bertz CT molecular complexity index is 670. The number of hydrogen-bond donors (Lipinski definition) is 1. The molecule has 5 nitrogen and oxygen atoms in total. The largest absolute Gasteiger partial charge is 0.355 e. The van der Waals surface area contributed by atoms with Gasteiger partial charge in [0.05, 0.1) is 16.3 Å². The van der Waals surface area contributed by atoms with E-state index in [-0.39, 0.29) is 11.8 Å². The summed E-state index contributed by atoms with van der Waals surface area (Å²) in [4.78, 5) is 18.8. The standard InChI is InChI=1S/C17H21ClN4O/c1-10-14(9-19)16(20-11(2)15(10)18)22-7-5-12(6-8-22)17(23)21-13-3-4-13/h12-13H,3-8H2,1-2H3,(H,21,23). The van der Waals surface area contributed by atoms with Gasteiger partial charge in [-0.15, -0.1) is 0 Å². The number of hydrogen-bond acceptors (Lipinski definition) is 4. The van der Waals surface area contributed by atoms with Crippen molar-refractivity contribution in [2.24, 2.45) is 5.92 Å². The highest BCUT2D eigenvalue weighted by molar-refractivity contribution is 6.32. The van der Waals surface area contributed by atoms with E-state index >= 15 is 0 Å². The normalized spacial score (nSPS) is 18.6. The molecule has 0 unspecified atom stereocenters. The molecule has 1 aromatic rings. The first-order chi connectivity index (χ1) is 11.0. The minimum absolute atomic E-state index is 0.0758. The number of nitrogens with one attached hydrogen (secondary N) is 1. The number of amides is 1. The van der Waals surface area contributed by atoms with E-state index in [0.29, 0.717) is 22.4 Å². The molecule has 1 aliphatic carbocycles. The third-order valence-electron chi connectivity index (χ3n) is 4.72. The lowest BCUT2D eigenvalue weighted by Crippen LogP contribution is -2.41. The van der Waals surface area contributed by atoms with Crippen molar-refractivity contribution < 1.29 is 4.79 Å². The van der Waals surface area contributed by atoms with Crippen LogP contribution in [0.2, 0.25) is 5.02 Å². The first kappa shape index (κ1) is 16.1. The van der Waals surface area contributed by atoms with Crippen LogP contribution in [0, 0.1) is 31.1 Å². The van der Waals surface area contributed by atoms with Crippen molar-refractivity contribution in [3.63, 3.8) is 0 Å². The van der Waals surface area contributed by atoms with Gasteiger partial charge in [0.25, 0.3) is 0 Å². The summed E-state index contributed by atoms with van der Waals surface area (Å²) in [7, 11) is 0. The first-order valence-corrected chi connectivity index (χ1v) is 8.51. The lowest BCUT2D eigenvalue weighted by Gasteiger charge is -2.33. The topological polar surface area (TPSA) is 69.0 Å². The summed E-state index contributed by atoms with van der Waals surface area (Å²) in [5, 5.41) is 13.1. The van der Waals surface area contributed by atoms with Crippen LogP contribution in [0.3, 0.4) is 0 Å². The van der Waals surface area contributed by atoms with Crippen molar-refractivity contribution in [3.8, 4) is 6.07 Å². The van der Waals surface area contributed by atoms with E-state index in [1.165, 1.54) is 0 Å². The van der Waals surface area contributed by atoms with Crippen molar-refractivity contribution in [1.82, 2.24) is 10.3 Å². The van der Waals surface area contributed by atoms with Gasteiger partial charge in [0, 0.05) is 25.0 Å². The van der Waals surface area contributed by atoms with E-state index in [4.69, 9.17) is 11.6 Å². The lowest BCUT2D eigenvalue weighted by atomic mass is 9.95. The van der Waals surface area contributed by atoms with Crippen LogP contribution in [0.25, 0.3) is 0 Å². The zero-order valence-corrected chi connectivity index (χ0v) is 14.3. The molecule has 0 atom stereocenters. The molecule has 122 valence electrons. The van der Waals surface area contributed by atoms with Gasteiger partial charge in [0.2, 0.25) is 5.91 Å². The van der Waals surface area contributed by atoms with Crippen molar-refractivity contribution in [3.05, 3.63) is 21.8 Å². The molecule has 1 aromatic heterocycles. The third kappa shape index (κ3) is 3.28. The van der Waals surface area contributed by atoms with E-state index in [9.17, 15) is 10.1 Å². The maximum absolute atomic E-state index is 12.2. The molecule has 1 saturated heterocycles. The second-order valence-corrected chi connectivity index (χ2v) is 6.87. The predicted molar refractivity (Wildman–Crippen MR) is 89.5 cm³/mol. The highest BCUT2D eigenvalue weighted by atomic mass is 35.5. The van der Waals surface area contributed by atoms with Crippen LogP contribution in [-0.4, -0.2) is 30.0 Å². The molecule has 0 spiro atoms. The Morgan fingerprint density at radius 1 is 1.30 bits per heavy atom. The van der Waals surface area contributed by atoms with Crippen molar-refractivity contribution in [2.45, 2.75) is 45.6 Å². The van der Waals surface area contributed by atoms with Gasteiger partial charge in [-0.3, -0.25) is 4.79 Å². The molecule has 2 fully saturated rings. The third-order valence-corrected chi connectivity index (χ3v) is 5.28. The van der Waals surface area contributed by atoms with Crippen LogP contribution in [0.5, 0.6) is 0 Å². The highest BCUT2D eigenvalue weighted by Gasteiger charge is 2.31. The monoisotopic (exact) mass is 332 g/mol. The van der Waals surface area contributed by atoms with Crippen LogP contribution < -0.4 is 10.2 Å². The van der Waals surface area contributed by atoms with Gasteiger partial charge in [-0.2, -0.15) is 5.26 Å². The molecule has 1 N–H and O–H groups in total. The fourth-order valence-corrected chi connectivity index (χ4v) is 3.21. The summed E-state index contributed by atoms with van der Waals surface area (Å²) in [6.45, 7) is 5.20. The molecule has 1 aliphatic heterocycles. The molecule has 2 aliphatic rings. The van der Waals surface area contributed by atoms with E-state index in [2.05, 4.69) is 21.3 Å². The van der Waals surface area contributed by atoms with E-state index in [1.807, 2.05) is 13.8 Å². The van der Waals surface area contributed by atoms with Gasteiger partial charge < -0.3 is 10.2 Å². The number of carbonyl (C=O) groups excluding carboxylic acids is 1. The molecule has 0 radical (unpaired) electrons. The van der Waals surface area contributed by atoms with Crippen molar-refractivity contribution in [2.75, 3.05) is 18.0 Å². The van der Waals surface area contributed by atoms with Gasteiger partial charge in [0.1, 0.15) is 11.9 Å². The van der Waals surface area contributed by atoms with Crippen molar-refractivity contribution in [1.29, 1.82) is 5.26 Å². The Kier molecular flexibility index (Phi) is 4.45. The first-order valence-electron chi connectivity index (χ1n) is 8.13. The Hall–Kier alpha value is -1.80. The summed E-state index contributed by atoms with van der Waals surface area (Å²) in [6.07, 6.45) is 3.82. The quantitative estimate of drug-likeness (QED) is 0.924. The average Bonchev–Trinajstić information content (AvgIpc) is 3.36. The van der Waals surface area contributed by atoms with Crippen LogP contribution in [0.4, 0.5) is 5.82 Å². The lowest BCUT2D eigenvalue weighted by molar-refractivity contribution is -0.125. The number of nitriles is 1. The summed E-state index contributed by atoms with van der Waals surface area (Å²) in [6, 6.07) is 2.64. The molecule has 1 saturated carbocycles. The summed E-state index contributed by atoms with van der Waals surface area (Å²) in [5.74, 6) is 0.962. The van der Waals surface area contributed by atoms with Crippen LogP contribution in [-0.2, 0) is 4.79 Å². The number of nitrogens with zero attached hydrogens (tertiary/aromatic N) is 3. The van der Waals surface area contributed by atoms with Crippen LogP contribution >= 0.6 is 11.6 Å². The Labute approximate surface area is 141 Å². The smallest absolute Gasteiger partial charge is 0.223 e. The number of rotatable bonds is 3. The van der Waals surface area contributed by atoms with Gasteiger partial charge in [0.15, 0.2) is 0 Å². The van der Waals surface area contributed by atoms with Gasteiger partial charge in [-0.1, -0.05) is 11.6 Å². The maximum atomic E-state index is 12.2. The number of halogens is 1. The van der Waals surface area contributed by atoms with E-state index < -0.39 is 0 Å². The Morgan fingerprint density at radius 3 is 2.52 bits per heavy atom. The molecule has 0 bridgehead atoms. The second-order valence-electron chi connectivity index (χ2n) is 6.49. The number of anilines is 1. The SMILES string of the molecule is Cc1nc(N2CCC(C(=O)NC3CC3)CC2)c(C#N)c(C)c1Cl. The summed E-state index contributed by atoms with van der Waals surface area (Å²) in [5.41, 5.74) is 2.07. The Morgan fingerprint density at radius 2 is 1.96 bits per heavy atom. The predicted octanol–water partition coefficient (Wildman–Crippen LogP) is 2.72. The molecule has 23 heavy (non-hydrogen) atoms. The van der Waals surface area contributed by atoms with Gasteiger partial charge >= 0.3 is 0 Å².